The average molecular weight is 260 g/mol. The van der Waals surface area contributed by atoms with E-state index < -0.39 is 0 Å². The molecule has 2 saturated carbocycles. The Kier molecular flexibility index (Phi) is 7.16. The molecule has 0 bridgehead atoms. The van der Waals surface area contributed by atoms with Crippen molar-refractivity contribution in [3.8, 4) is 0 Å². The number of aliphatic hydroxyl groups is 2. The number of hydrogen-bond acceptors (Lipinski definition) is 3. The Hall–Kier alpha value is -0.0600. The Balaban J connectivity index is 0.000000181. The first kappa shape index (κ1) is 15.0. The van der Waals surface area contributed by atoms with Gasteiger partial charge in [-0.25, -0.2) is 0 Å². The summed E-state index contributed by atoms with van der Waals surface area (Å²) in [5.41, 5.74) is 0. The van der Waals surface area contributed by atoms with Gasteiger partial charge in [-0.3, -0.25) is 4.79 Å². The molecule has 2 fully saturated rings. The normalized spacial score (nSPS) is 30.3. The van der Waals surface area contributed by atoms with Crippen LogP contribution >= 0.6 is 12.6 Å². The molecule has 0 aromatic carbocycles. The summed E-state index contributed by atoms with van der Waals surface area (Å²) in [5.74, 6) is 0.103. The van der Waals surface area contributed by atoms with Crippen molar-refractivity contribution in [2.75, 3.05) is 0 Å². The van der Waals surface area contributed by atoms with Crippen molar-refractivity contribution >= 4 is 17.7 Å². The lowest BCUT2D eigenvalue weighted by Crippen LogP contribution is -2.21. The summed E-state index contributed by atoms with van der Waals surface area (Å²) >= 11 is 3.75. The summed E-state index contributed by atoms with van der Waals surface area (Å²) < 4.78 is 0. The fourth-order valence-corrected chi connectivity index (χ4v) is 2.66. The van der Waals surface area contributed by atoms with Gasteiger partial charge in [-0.1, -0.05) is 19.3 Å². The molecule has 2 rings (SSSR count). The summed E-state index contributed by atoms with van der Waals surface area (Å²) in [6, 6.07) is 0. The highest BCUT2D eigenvalue weighted by Gasteiger charge is 2.22. The third-order valence-corrected chi connectivity index (χ3v) is 3.99. The number of carbonyl (C=O) groups excluding carboxylic acids is 1. The number of thiol groups is 1. The van der Waals surface area contributed by atoms with Gasteiger partial charge >= 0.3 is 0 Å². The highest BCUT2D eigenvalue weighted by Crippen LogP contribution is 2.25. The topological polar surface area (TPSA) is 57.5 Å². The Morgan fingerprint density at radius 1 is 0.824 bits per heavy atom. The molecule has 4 heteroatoms. The van der Waals surface area contributed by atoms with Crippen LogP contribution in [-0.2, 0) is 4.79 Å². The Bertz CT molecular complexity index is 219. The van der Waals surface area contributed by atoms with Crippen molar-refractivity contribution < 1.29 is 15.0 Å². The quantitative estimate of drug-likeness (QED) is 0.634. The minimum atomic E-state index is -0.177. The van der Waals surface area contributed by atoms with Crippen LogP contribution in [0, 0.1) is 5.92 Å². The van der Waals surface area contributed by atoms with E-state index >= 15 is 0 Å². The Morgan fingerprint density at radius 3 is 1.65 bits per heavy atom. The van der Waals surface area contributed by atoms with Gasteiger partial charge < -0.3 is 10.2 Å². The average Bonchev–Trinajstić information content (AvgIpc) is 2.31. The van der Waals surface area contributed by atoms with E-state index in [4.69, 9.17) is 10.2 Å². The Labute approximate surface area is 109 Å². The fourth-order valence-electron chi connectivity index (χ4n) is 2.40. The maximum absolute atomic E-state index is 10.7. The lowest BCUT2D eigenvalue weighted by Gasteiger charge is -2.22. The minimum Gasteiger partial charge on any atom is -0.393 e. The number of rotatable bonds is 1. The van der Waals surface area contributed by atoms with Gasteiger partial charge in [-0.2, -0.15) is 0 Å². The van der Waals surface area contributed by atoms with E-state index in [-0.39, 0.29) is 23.2 Å². The van der Waals surface area contributed by atoms with Crippen molar-refractivity contribution in [1.29, 1.82) is 0 Å². The van der Waals surface area contributed by atoms with E-state index in [1.807, 2.05) is 0 Å². The van der Waals surface area contributed by atoms with E-state index in [1.54, 1.807) is 0 Å². The van der Waals surface area contributed by atoms with Gasteiger partial charge in [0, 0.05) is 5.92 Å². The monoisotopic (exact) mass is 260 g/mol. The van der Waals surface area contributed by atoms with Gasteiger partial charge in [-0.05, 0) is 38.5 Å². The van der Waals surface area contributed by atoms with Crippen LogP contribution in [0.25, 0.3) is 0 Å². The molecule has 0 saturated heterocycles. The SMILES string of the molecule is O=C(S)C1CCC(O)CC1.OC1CCCCC1. The molecule has 0 aromatic heterocycles. The summed E-state index contributed by atoms with van der Waals surface area (Å²) in [6.07, 6.45) is 8.89. The van der Waals surface area contributed by atoms with E-state index in [2.05, 4.69) is 12.6 Å². The second-order valence-electron chi connectivity index (χ2n) is 5.14. The molecule has 0 aliphatic heterocycles. The third-order valence-electron chi connectivity index (χ3n) is 3.62. The van der Waals surface area contributed by atoms with Crippen LogP contribution in [0.1, 0.15) is 57.8 Å². The first-order valence-corrected chi connectivity index (χ1v) is 7.13. The van der Waals surface area contributed by atoms with Gasteiger partial charge in [0.15, 0.2) is 5.12 Å². The van der Waals surface area contributed by atoms with Gasteiger partial charge in [0.1, 0.15) is 0 Å². The summed E-state index contributed by atoms with van der Waals surface area (Å²) in [4.78, 5) is 10.7. The molecule has 100 valence electrons. The van der Waals surface area contributed by atoms with Crippen LogP contribution < -0.4 is 0 Å². The molecule has 2 N–H and O–H groups in total. The van der Waals surface area contributed by atoms with Crippen molar-refractivity contribution in [3.05, 3.63) is 0 Å². The molecule has 0 atom stereocenters. The van der Waals surface area contributed by atoms with Crippen molar-refractivity contribution in [1.82, 2.24) is 0 Å². The maximum atomic E-state index is 10.7. The summed E-state index contributed by atoms with van der Waals surface area (Å²) in [6.45, 7) is 0. The lowest BCUT2D eigenvalue weighted by molar-refractivity contribution is -0.115. The van der Waals surface area contributed by atoms with Gasteiger partial charge in [-0.15, -0.1) is 12.6 Å². The lowest BCUT2D eigenvalue weighted by atomic mass is 9.88. The largest absolute Gasteiger partial charge is 0.393 e. The highest BCUT2D eigenvalue weighted by molar-refractivity contribution is 7.96. The standard InChI is InChI=1S/C7H12O2S.C6H12O/c8-6-3-1-5(2-4-6)7(9)10;7-6-4-2-1-3-5-6/h5-6,8H,1-4H2,(H,9,10);6-7H,1-5H2. The molecule has 0 heterocycles. The molecular formula is C13H24O3S. The van der Waals surface area contributed by atoms with Gasteiger partial charge in [0.25, 0.3) is 0 Å². The molecule has 0 spiro atoms. The van der Waals surface area contributed by atoms with Crippen LogP contribution in [0.5, 0.6) is 0 Å². The molecule has 0 aromatic rings. The van der Waals surface area contributed by atoms with Crippen LogP contribution in [-0.4, -0.2) is 27.5 Å². The van der Waals surface area contributed by atoms with Crippen LogP contribution in [0.4, 0.5) is 0 Å². The smallest absolute Gasteiger partial charge is 0.188 e. The predicted octanol–water partition coefficient (Wildman–Crippen LogP) is 2.31. The molecule has 2 aliphatic carbocycles. The zero-order valence-corrected chi connectivity index (χ0v) is 11.2. The van der Waals surface area contributed by atoms with E-state index in [0.717, 1.165) is 38.5 Å². The molecule has 3 nitrogen and oxygen atoms in total. The van der Waals surface area contributed by atoms with Crippen LogP contribution in [0.3, 0.4) is 0 Å². The summed E-state index contributed by atoms with van der Waals surface area (Å²) in [7, 11) is 0. The first-order chi connectivity index (χ1) is 8.09. The van der Waals surface area contributed by atoms with Crippen LogP contribution in [0.15, 0.2) is 0 Å². The molecule has 2 aliphatic rings. The van der Waals surface area contributed by atoms with Crippen LogP contribution in [0.2, 0.25) is 0 Å². The zero-order valence-electron chi connectivity index (χ0n) is 10.3. The van der Waals surface area contributed by atoms with E-state index in [1.165, 1.54) is 19.3 Å². The van der Waals surface area contributed by atoms with Crippen molar-refractivity contribution in [3.63, 3.8) is 0 Å². The van der Waals surface area contributed by atoms with Gasteiger partial charge in [0.05, 0.1) is 12.2 Å². The zero-order chi connectivity index (χ0) is 12.7. The van der Waals surface area contributed by atoms with Crippen molar-refractivity contribution in [2.24, 2.45) is 5.92 Å². The number of aliphatic hydroxyl groups excluding tert-OH is 2. The molecule has 0 amide bonds. The van der Waals surface area contributed by atoms with Gasteiger partial charge in [0.2, 0.25) is 0 Å². The number of carbonyl (C=O) groups is 1. The Morgan fingerprint density at radius 2 is 1.29 bits per heavy atom. The van der Waals surface area contributed by atoms with E-state index in [0.29, 0.717) is 0 Å². The first-order valence-electron chi connectivity index (χ1n) is 6.68. The molecule has 17 heavy (non-hydrogen) atoms. The molecule has 0 radical (unpaired) electrons. The third kappa shape index (κ3) is 6.43. The number of hydrogen-bond donors (Lipinski definition) is 3. The molecular weight excluding hydrogens is 236 g/mol. The fraction of sp³-hybridized carbons (Fsp3) is 0.923. The summed E-state index contributed by atoms with van der Waals surface area (Å²) in [5, 5.41) is 18.0. The second-order valence-corrected chi connectivity index (χ2v) is 5.58. The predicted molar refractivity (Wildman–Crippen MR) is 71.0 cm³/mol. The minimum absolute atomic E-state index is 0.0214. The maximum Gasteiger partial charge on any atom is 0.188 e. The highest BCUT2D eigenvalue weighted by atomic mass is 32.1. The molecule has 0 unspecified atom stereocenters. The van der Waals surface area contributed by atoms with E-state index in [9.17, 15) is 4.79 Å². The second kappa shape index (κ2) is 8.11. The van der Waals surface area contributed by atoms with Crippen molar-refractivity contribution in [2.45, 2.75) is 70.0 Å².